The first-order chi connectivity index (χ1) is 9.36. The van der Waals surface area contributed by atoms with Gasteiger partial charge in [0.05, 0.1) is 13.2 Å². The minimum atomic E-state index is -0.0299. The summed E-state index contributed by atoms with van der Waals surface area (Å²) in [5, 5.41) is 0. The summed E-state index contributed by atoms with van der Waals surface area (Å²) in [5.74, 6) is 0. The average Bonchev–Trinajstić information content (AvgIpc) is 3.21. The molecule has 1 aliphatic heterocycles. The molecule has 4 nitrogen and oxygen atoms in total. The summed E-state index contributed by atoms with van der Waals surface area (Å²) in [6, 6.07) is 2.54. The monoisotopic (exact) mass is 290 g/mol. The lowest BCUT2D eigenvalue weighted by Crippen LogP contribution is -2.18. The van der Waals surface area contributed by atoms with Gasteiger partial charge in [-0.2, -0.15) is 0 Å². The Morgan fingerprint density at radius 2 is 1.89 bits per heavy atom. The summed E-state index contributed by atoms with van der Waals surface area (Å²) in [4.78, 5) is 0. The second-order valence-electron chi connectivity index (χ2n) is 4.93. The summed E-state index contributed by atoms with van der Waals surface area (Å²) in [7, 11) is -0.0299. The Bertz CT molecular complexity index is 194. The van der Waals surface area contributed by atoms with Crippen LogP contribution >= 0.6 is 0 Å². The van der Waals surface area contributed by atoms with E-state index in [4.69, 9.17) is 18.9 Å². The van der Waals surface area contributed by atoms with E-state index in [-0.39, 0.29) is 15.8 Å². The Labute approximate surface area is 120 Å². The maximum Gasteiger partial charge on any atom is 0.154 e. The molecule has 1 rings (SSSR count). The fourth-order valence-electron chi connectivity index (χ4n) is 2.01. The highest BCUT2D eigenvalue weighted by atomic mass is 28.2. The second-order valence-corrected chi connectivity index (χ2v) is 6.92. The van der Waals surface area contributed by atoms with E-state index in [1.54, 1.807) is 0 Å². The molecular formula is C14H30O4Si. The van der Waals surface area contributed by atoms with Crippen LogP contribution in [-0.4, -0.2) is 54.9 Å². The van der Waals surface area contributed by atoms with E-state index in [1.807, 2.05) is 13.8 Å². The van der Waals surface area contributed by atoms with Gasteiger partial charge in [-0.15, -0.1) is 0 Å². The molecule has 0 aromatic rings. The van der Waals surface area contributed by atoms with Crippen LogP contribution in [0, 0.1) is 0 Å². The van der Waals surface area contributed by atoms with Crippen LogP contribution in [0.1, 0.15) is 33.1 Å². The highest BCUT2D eigenvalue weighted by Crippen LogP contribution is 2.10. The molecule has 1 atom stereocenters. The van der Waals surface area contributed by atoms with Crippen LogP contribution in [0.4, 0.5) is 0 Å². The van der Waals surface area contributed by atoms with Crippen molar-refractivity contribution in [1.29, 1.82) is 0 Å². The van der Waals surface area contributed by atoms with Crippen LogP contribution < -0.4 is 0 Å². The molecular weight excluding hydrogens is 260 g/mol. The zero-order valence-corrected chi connectivity index (χ0v) is 14.0. The van der Waals surface area contributed by atoms with Gasteiger partial charge in [-0.1, -0.05) is 18.9 Å². The van der Waals surface area contributed by atoms with Crippen LogP contribution in [-0.2, 0) is 18.9 Å². The molecule has 1 unspecified atom stereocenters. The third-order valence-electron chi connectivity index (χ3n) is 3.14. The normalized spacial score (nSPS) is 18.8. The standard InChI is InChI=1S/C14H30O4Si/c1-3-16-14(17-4-2)12-19-9-7-5-6-8-15-10-13-11-18-13/h13-14H,3-12,19H2,1-2H3. The molecule has 1 fully saturated rings. The van der Waals surface area contributed by atoms with E-state index in [9.17, 15) is 0 Å². The van der Waals surface area contributed by atoms with Crippen molar-refractivity contribution in [2.75, 3.05) is 33.0 Å². The number of rotatable bonds is 14. The van der Waals surface area contributed by atoms with Gasteiger partial charge in [0.15, 0.2) is 6.29 Å². The molecule has 0 N–H and O–H groups in total. The van der Waals surface area contributed by atoms with E-state index in [2.05, 4.69) is 0 Å². The lowest BCUT2D eigenvalue weighted by molar-refractivity contribution is -0.123. The Balaban J connectivity index is 1.78. The van der Waals surface area contributed by atoms with Gasteiger partial charge in [0, 0.05) is 29.3 Å². The quantitative estimate of drug-likeness (QED) is 0.212. The lowest BCUT2D eigenvalue weighted by atomic mass is 10.3. The van der Waals surface area contributed by atoms with Crippen LogP contribution in [0.3, 0.4) is 0 Å². The van der Waals surface area contributed by atoms with Crippen molar-refractivity contribution in [3.63, 3.8) is 0 Å². The average molecular weight is 290 g/mol. The summed E-state index contributed by atoms with van der Waals surface area (Å²) in [6.07, 6.45) is 4.26. The van der Waals surface area contributed by atoms with Crippen molar-refractivity contribution in [2.24, 2.45) is 0 Å². The summed E-state index contributed by atoms with van der Waals surface area (Å²) < 4.78 is 21.7. The molecule has 0 saturated carbocycles. The van der Waals surface area contributed by atoms with Gasteiger partial charge in [0.25, 0.3) is 0 Å². The Hall–Kier alpha value is 0.0569. The molecule has 1 aliphatic rings. The summed E-state index contributed by atoms with van der Waals surface area (Å²) in [6.45, 7) is 8.14. The van der Waals surface area contributed by atoms with Crippen LogP contribution in [0.5, 0.6) is 0 Å². The van der Waals surface area contributed by atoms with Gasteiger partial charge in [-0.25, -0.2) is 0 Å². The topological polar surface area (TPSA) is 40.2 Å². The molecule has 5 heteroatoms. The van der Waals surface area contributed by atoms with Crippen molar-refractivity contribution in [2.45, 2.75) is 57.6 Å². The number of hydrogen-bond acceptors (Lipinski definition) is 4. The number of hydrogen-bond donors (Lipinski definition) is 0. The van der Waals surface area contributed by atoms with Crippen molar-refractivity contribution < 1.29 is 18.9 Å². The van der Waals surface area contributed by atoms with Gasteiger partial charge in [0.1, 0.15) is 6.10 Å². The Morgan fingerprint density at radius 1 is 1.16 bits per heavy atom. The molecule has 1 saturated heterocycles. The molecule has 0 bridgehead atoms. The van der Waals surface area contributed by atoms with E-state index >= 15 is 0 Å². The molecule has 0 amide bonds. The fourth-order valence-corrected chi connectivity index (χ4v) is 3.67. The maximum absolute atomic E-state index is 5.55. The number of unbranched alkanes of at least 4 members (excludes halogenated alkanes) is 2. The van der Waals surface area contributed by atoms with Crippen molar-refractivity contribution >= 4 is 9.52 Å². The lowest BCUT2D eigenvalue weighted by Gasteiger charge is -2.16. The number of epoxide rings is 1. The van der Waals surface area contributed by atoms with E-state index < -0.39 is 0 Å². The molecule has 0 aromatic heterocycles. The zero-order chi connectivity index (χ0) is 13.8. The molecule has 0 spiro atoms. The van der Waals surface area contributed by atoms with Crippen molar-refractivity contribution in [3.05, 3.63) is 0 Å². The first kappa shape index (κ1) is 17.1. The van der Waals surface area contributed by atoms with Gasteiger partial charge in [-0.3, -0.25) is 0 Å². The molecule has 0 aliphatic carbocycles. The van der Waals surface area contributed by atoms with Crippen LogP contribution in [0.15, 0.2) is 0 Å². The Kier molecular flexibility index (Phi) is 10.7. The SMILES string of the molecule is CCOC(C[SiH2]CCCCCOCC1CO1)OCC. The fraction of sp³-hybridized carbons (Fsp3) is 1.00. The van der Waals surface area contributed by atoms with E-state index in [0.717, 1.165) is 39.1 Å². The van der Waals surface area contributed by atoms with Gasteiger partial charge in [0.2, 0.25) is 0 Å². The van der Waals surface area contributed by atoms with E-state index in [1.165, 1.54) is 25.3 Å². The van der Waals surface area contributed by atoms with E-state index in [0.29, 0.717) is 6.10 Å². The maximum atomic E-state index is 5.55. The highest BCUT2D eigenvalue weighted by molar-refractivity contribution is 6.35. The molecule has 114 valence electrons. The first-order valence-electron chi connectivity index (χ1n) is 7.79. The molecule has 0 aromatic carbocycles. The van der Waals surface area contributed by atoms with Crippen LogP contribution in [0.2, 0.25) is 12.1 Å². The van der Waals surface area contributed by atoms with Crippen LogP contribution in [0.25, 0.3) is 0 Å². The predicted molar refractivity (Wildman–Crippen MR) is 79.6 cm³/mol. The van der Waals surface area contributed by atoms with Crippen molar-refractivity contribution in [3.8, 4) is 0 Å². The minimum Gasteiger partial charge on any atom is -0.379 e. The molecule has 1 heterocycles. The summed E-state index contributed by atoms with van der Waals surface area (Å²) >= 11 is 0. The van der Waals surface area contributed by atoms with Crippen molar-refractivity contribution in [1.82, 2.24) is 0 Å². The first-order valence-corrected chi connectivity index (χ1v) is 9.79. The third kappa shape index (κ3) is 10.5. The zero-order valence-electron chi connectivity index (χ0n) is 12.6. The smallest absolute Gasteiger partial charge is 0.154 e. The molecule has 0 radical (unpaired) electrons. The second kappa shape index (κ2) is 11.8. The van der Waals surface area contributed by atoms with Gasteiger partial charge >= 0.3 is 0 Å². The van der Waals surface area contributed by atoms with Gasteiger partial charge in [-0.05, 0) is 26.3 Å². The predicted octanol–water partition coefficient (Wildman–Crippen LogP) is 1.98. The summed E-state index contributed by atoms with van der Waals surface area (Å²) in [5.41, 5.74) is 0. The Morgan fingerprint density at radius 3 is 2.53 bits per heavy atom. The largest absolute Gasteiger partial charge is 0.379 e. The minimum absolute atomic E-state index is 0.0299. The molecule has 19 heavy (non-hydrogen) atoms. The number of ether oxygens (including phenoxy) is 4. The van der Waals surface area contributed by atoms with Gasteiger partial charge < -0.3 is 18.9 Å². The highest BCUT2D eigenvalue weighted by Gasteiger charge is 2.21. The third-order valence-corrected chi connectivity index (χ3v) is 5.02.